The summed E-state index contributed by atoms with van der Waals surface area (Å²) in [5, 5.41) is 6.21. The van der Waals surface area contributed by atoms with Crippen molar-refractivity contribution in [2.24, 2.45) is 4.99 Å². The van der Waals surface area contributed by atoms with E-state index in [0.717, 1.165) is 11.3 Å². The number of halogens is 1. The van der Waals surface area contributed by atoms with Gasteiger partial charge in [0.1, 0.15) is 5.75 Å². The highest BCUT2D eigenvalue weighted by molar-refractivity contribution is 14.0. The number of benzene rings is 1. The van der Waals surface area contributed by atoms with E-state index in [4.69, 9.17) is 4.74 Å². The second-order valence-electron chi connectivity index (χ2n) is 5.93. The lowest BCUT2D eigenvalue weighted by Gasteiger charge is -2.24. The maximum absolute atomic E-state index is 11.8. The lowest BCUT2D eigenvalue weighted by Crippen LogP contribution is -2.47. The van der Waals surface area contributed by atoms with Gasteiger partial charge in [0.2, 0.25) is 0 Å². The molecule has 0 spiro atoms. The zero-order valence-corrected chi connectivity index (χ0v) is 18.1. The van der Waals surface area contributed by atoms with E-state index >= 15 is 0 Å². The first kappa shape index (κ1) is 23.0. The lowest BCUT2D eigenvalue weighted by atomic mass is 10.2. The van der Waals surface area contributed by atoms with Crippen LogP contribution in [0.4, 0.5) is 0 Å². The van der Waals surface area contributed by atoms with Gasteiger partial charge in [0.05, 0.1) is 18.4 Å². The van der Waals surface area contributed by atoms with Gasteiger partial charge >= 0.3 is 0 Å². The van der Waals surface area contributed by atoms with Crippen molar-refractivity contribution in [2.75, 3.05) is 26.5 Å². The number of nitrogens with one attached hydrogen (secondary N) is 2. The first-order chi connectivity index (χ1) is 10.7. The largest absolute Gasteiger partial charge is 0.497 e. The molecule has 0 aliphatic heterocycles. The molecule has 0 unspecified atom stereocenters. The first-order valence-electron chi connectivity index (χ1n) is 7.54. The molecule has 0 aliphatic rings. The highest BCUT2D eigenvalue weighted by atomic mass is 127. The van der Waals surface area contributed by atoms with Crippen molar-refractivity contribution >= 4 is 39.8 Å². The molecule has 0 saturated heterocycles. The van der Waals surface area contributed by atoms with Crippen LogP contribution < -0.4 is 15.4 Å². The summed E-state index contributed by atoms with van der Waals surface area (Å²) in [7, 11) is -1.52. The summed E-state index contributed by atoms with van der Waals surface area (Å²) >= 11 is 0. The zero-order valence-electron chi connectivity index (χ0n) is 14.9. The normalized spacial score (nSPS) is 12.3. The number of guanidine groups is 1. The molecule has 0 saturated carbocycles. The fraction of sp³-hybridized carbons (Fsp3) is 0.562. The summed E-state index contributed by atoms with van der Waals surface area (Å²) in [6, 6.07) is 7.69. The third-order valence-electron chi connectivity index (χ3n) is 3.58. The number of hydrogen-bond donors (Lipinski definition) is 2. The van der Waals surface area contributed by atoms with Crippen LogP contribution in [0.2, 0.25) is 0 Å². The average molecular weight is 469 g/mol. The quantitative estimate of drug-likeness (QED) is 0.364. The highest BCUT2D eigenvalue weighted by Crippen LogP contribution is 2.14. The molecule has 1 aromatic rings. The molecule has 24 heavy (non-hydrogen) atoms. The lowest BCUT2D eigenvalue weighted by molar-refractivity contribution is 0.414. The van der Waals surface area contributed by atoms with Gasteiger partial charge in [0.25, 0.3) is 0 Å². The van der Waals surface area contributed by atoms with Crippen LogP contribution in [0.1, 0.15) is 26.3 Å². The Labute approximate surface area is 162 Å². The predicted molar refractivity (Wildman–Crippen MR) is 110 cm³/mol. The van der Waals surface area contributed by atoms with Gasteiger partial charge in [0, 0.05) is 19.3 Å². The Bertz CT molecular complexity index is 646. The molecule has 138 valence electrons. The number of aliphatic imine (C=N–C) groups is 1. The molecule has 0 amide bonds. The number of methoxy groups -OCH3 is 1. The molecule has 0 aliphatic carbocycles. The second-order valence-corrected chi connectivity index (χ2v) is 8.58. The Morgan fingerprint density at radius 2 is 1.96 bits per heavy atom. The Hall–Kier alpha value is -1.03. The van der Waals surface area contributed by atoms with Crippen LogP contribution in [-0.4, -0.2) is 45.6 Å². The second kappa shape index (κ2) is 10.1. The fourth-order valence-electron chi connectivity index (χ4n) is 1.71. The van der Waals surface area contributed by atoms with Crippen LogP contribution in [0.15, 0.2) is 29.3 Å². The van der Waals surface area contributed by atoms with Crippen LogP contribution >= 0.6 is 24.0 Å². The van der Waals surface area contributed by atoms with Crippen LogP contribution in [0.3, 0.4) is 0 Å². The first-order valence-corrected chi connectivity index (χ1v) is 9.43. The smallest absolute Gasteiger partial charge is 0.191 e. The van der Waals surface area contributed by atoms with Crippen LogP contribution in [0.5, 0.6) is 5.75 Å². The molecule has 8 heteroatoms. The monoisotopic (exact) mass is 469 g/mol. The summed E-state index contributed by atoms with van der Waals surface area (Å²) in [5.41, 5.74) is 1.02. The molecule has 0 bridgehead atoms. The van der Waals surface area contributed by atoms with E-state index in [-0.39, 0.29) is 30.5 Å². The van der Waals surface area contributed by atoms with Crippen molar-refractivity contribution in [2.45, 2.75) is 32.1 Å². The Morgan fingerprint density at radius 1 is 1.29 bits per heavy atom. The SMILES string of the molecule is CCNC(=NCc1cccc(OC)c1)NCC(C)(C)S(C)(=O)=O.I. The maximum Gasteiger partial charge on any atom is 0.191 e. The fourth-order valence-corrected chi connectivity index (χ4v) is 2.04. The van der Waals surface area contributed by atoms with E-state index < -0.39 is 14.6 Å². The minimum Gasteiger partial charge on any atom is -0.497 e. The zero-order chi connectivity index (χ0) is 17.5. The predicted octanol–water partition coefficient (Wildman–Crippen LogP) is 2.19. The third kappa shape index (κ3) is 7.25. The van der Waals surface area contributed by atoms with Gasteiger partial charge in [-0.3, -0.25) is 0 Å². The van der Waals surface area contributed by atoms with Gasteiger partial charge in [0.15, 0.2) is 15.8 Å². The number of hydrogen-bond acceptors (Lipinski definition) is 4. The minimum absolute atomic E-state index is 0. The van der Waals surface area contributed by atoms with Crippen LogP contribution in [0.25, 0.3) is 0 Å². The minimum atomic E-state index is -3.15. The van der Waals surface area contributed by atoms with E-state index in [2.05, 4.69) is 15.6 Å². The highest BCUT2D eigenvalue weighted by Gasteiger charge is 2.30. The van der Waals surface area contributed by atoms with Crippen molar-refractivity contribution in [3.63, 3.8) is 0 Å². The Kier molecular flexibility index (Phi) is 9.64. The summed E-state index contributed by atoms with van der Waals surface area (Å²) in [5.74, 6) is 1.38. The molecular formula is C16H28IN3O3S. The third-order valence-corrected chi connectivity index (χ3v) is 5.74. The summed E-state index contributed by atoms with van der Waals surface area (Å²) in [6.07, 6.45) is 1.25. The molecule has 0 heterocycles. The number of ether oxygens (including phenoxy) is 1. The number of nitrogens with zero attached hydrogens (tertiary/aromatic N) is 1. The molecule has 1 rings (SSSR count). The molecule has 0 atom stereocenters. The average Bonchev–Trinajstić information content (AvgIpc) is 2.49. The number of rotatable bonds is 7. The summed E-state index contributed by atoms with van der Waals surface area (Å²) in [4.78, 5) is 4.49. The molecule has 6 nitrogen and oxygen atoms in total. The van der Waals surface area contributed by atoms with Gasteiger partial charge < -0.3 is 15.4 Å². The Balaban J connectivity index is 0.00000529. The molecule has 1 aromatic carbocycles. The number of sulfone groups is 1. The topological polar surface area (TPSA) is 79.8 Å². The summed E-state index contributed by atoms with van der Waals surface area (Å²) < 4.78 is 27.8. The van der Waals surface area contributed by atoms with Gasteiger partial charge in [-0.25, -0.2) is 13.4 Å². The Morgan fingerprint density at radius 3 is 2.50 bits per heavy atom. The van der Waals surface area contributed by atoms with Crippen molar-refractivity contribution in [3.05, 3.63) is 29.8 Å². The molecule has 0 radical (unpaired) electrons. The summed E-state index contributed by atoms with van der Waals surface area (Å²) in [6.45, 7) is 6.82. The van der Waals surface area contributed by atoms with Gasteiger partial charge in [-0.2, -0.15) is 0 Å². The van der Waals surface area contributed by atoms with Gasteiger partial charge in [-0.05, 0) is 38.5 Å². The molecular weight excluding hydrogens is 441 g/mol. The molecule has 0 aromatic heterocycles. The van der Waals surface area contributed by atoms with E-state index in [9.17, 15) is 8.42 Å². The molecule has 2 N–H and O–H groups in total. The van der Waals surface area contributed by atoms with Gasteiger partial charge in [-0.15, -0.1) is 24.0 Å². The maximum atomic E-state index is 11.8. The van der Waals surface area contributed by atoms with Crippen molar-refractivity contribution < 1.29 is 13.2 Å². The van der Waals surface area contributed by atoms with E-state index in [0.29, 0.717) is 19.0 Å². The van der Waals surface area contributed by atoms with E-state index in [1.807, 2.05) is 31.2 Å². The standard InChI is InChI=1S/C16H27N3O3S.HI/c1-6-17-15(19-12-16(2,3)23(5,20)21)18-11-13-8-7-9-14(10-13)22-4;/h7-10H,6,11-12H2,1-5H3,(H2,17,18,19);1H. The van der Waals surface area contributed by atoms with Crippen molar-refractivity contribution in [1.82, 2.24) is 10.6 Å². The van der Waals surface area contributed by atoms with Crippen molar-refractivity contribution in [3.8, 4) is 5.75 Å². The van der Waals surface area contributed by atoms with Crippen LogP contribution in [0, 0.1) is 0 Å². The van der Waals surface area contributed by atoms with E-state index in [1.54, 1.807) is 21.0 Å². The molecule has 0 fully saturated rings. The van der Waals surface area contributed by atoms with Gasteiger partial charge in [-0.1, -0.05) is 12.1 Å². The van der Waals surface area contributed by atoms with Crippen LogP contribution in [-0.2, 0) is 16.4 Å². The van der Waals surface area contributed by atoms with E-state index in [1.165, 1.54) is 6.26 Å². The van der Waals surface area contributed by atoms with Crippen molar-refractivity contribution in [1.29, 1.82) is 0 Å².